The van der Waals surface area contributed by atoms with Crippen LogP contribution in [0.25, 0.3) is 0 Å². The van der Waals surface area contributed by atoms with E-state index in [0.717, 1.165) is 0 Å². The summed E-state index contributed by atoms with van der Waals surface area (Å²) < 4.78 is 40.8. The average Bonchev–Trinajstić information content (AvgIpc) is 2.28. The molecule has 0 saturated carbocycles. The summed E-state index contributed by atoms with van der Waals surface area (Å²) in [5, 5.41) is 0. The van der Waals surface area contributed by atoms with Gasteiger partial charge in [0.15, 0.2) is 5.60 Å². The Bertz CT molecular complexity index is 544. The first-order valence-corrected chi connectivity index (χ1v) is 7.04. The molecule has 0 aliphatic carbocycles. The fraction of sp³-hybridized carbons (Fsp3) is 0.417. The highest BCUT2D eigenvalue weighted by Crippen LogP contribution is 2.21. The van der Waals surface area contributed by atoms with E-state index in [4.69, 9.17) is 14.0 Å². The topological polar surface area (TPSA) is 89.9 Å². The van der Waals surface area contributed by atoms with E-state index >= 15 is 0 Å². The Morgan fingerprint density at radius 2 is 1.79 bits per heavy atom. The summed E-state index contributed by atoms with van der Waals surface area (Å²) in [6, 6.07) is 5.08. The molecule has 0 aliphatic heterocycles. The number of carbonyl (C=O) groups is 1. The van der Waals surface area contributed by atoms with Crippen molar-refractivity contribution in [1.29, 1.82) is 0 Å². The van der Waals surface area contributed by atoms with Crippen molar-refractivity contribution in [2.45, 2.75) is 31.3 Å². The third-order valence-electron chi connectivity index (χ3n) is 2.26. The van der Waals surface area contributed by atoms with Gasteiger partial charge in [-0.15, -0.1) is 0 Å². The first-order chi connectivity index (χ1) is 8.66. The van der Waals surface area contributed by atoms with E-state index in [1.807, 2.05) is 0 Å². The number of rotatable bonds is 5. The monoisotopic (exact) mass is 288 g/mol. The Morgan fingerprint density at radius 3 is 2.21 bits per heavy atom. The molecule has 1 rings (SSSR count). The standard InChI is InChI=1S/C12H16O6S/c1-4-17-11(13)12(2,3)18-9-5-7-10(8-6-9)19(14,15)16/h5-8H,4H2,1-3H3,(H,14,15,16). The zero-order chi connectivity index (χ0) is 14.7. The van der Waals surface area contributed by atoms with Gasteiger partial charge in [0.25, 0.3) is 10.1 Å². The second-order valence-corrected chi connectivity index (χ2v) is 5.70. The fourth-order valence-electron chi connectivity index (χ4n) is 1.32. The maximum absolute atomic E-state index is 11.6. The van der Waals surface area contributed by atoms with Gasteiger partial charge in [0.05, 0.1) is 11.5 Å². The van der Waals surface area contributed by atoms with Crippen LogP contribution in [-0.2, 0) is 19.6 Å². The Hall–Kier alpha value is -1.60. The maximum Gasteiger partial charge on any atom is 0.349 e. The van der Waals surface area contributed by atoms with Gasteiger partial charge in [0.2, 0.25) is 0 Å². The molecule has 106 valence electrons. The van der Waals surface area contributed by atoms with E-state index in [2.05, 4.69) is 0 Å². The molecule has 0 heterocycles. The number of esters is 1. The predicted octanol–water partition coefficient (Wildman–Crippen LogP) is 1.65. The van der Waals surface area contributed by atoms with Gasteiger partial charge < -0.3 is 9.47 Å². The van der Waals surface area contributed by atoms with Crippen molar-refractivity contribution in [3.05, 3.63) is 24.3 Å². The van der Waals surface area contributed by atoms with Crippen LogP contribution in [0.3, 0.4) is 0 Å². The van der Waals surface area contributed by atoms with Crippen LogP contribution in [-0.4, -0.2) is 31.1 Å². The van der Waals surface area contributed by atoms with Gasteiger partial charge in [-0.05, 0) is 45.0 Å². The SMILES string of the molecule is CCOC(=O)C(C)(C)Oc1ccc(S(=O)(=O)O)cc1. The second kappa shape index (κ2) is 5.58. The van der Waals surface area contributed by atoms with Crippen LogP contribution in [0.15, 0.2) is 29.2 Å². The number of carbonyl (C=O) groups excluding carboxylic acids is 1. The van der Waals surface area contributed by atoms with Gasteiger partial charge in [0.1, 0.15) is 5.75 Å². The maximum atomic E-state index is 11.6. The molecule has 0 aromatic heterocycles. The summed E-state index contributed by atoms with van der Waals surface area (Å²) >= 11 is 0. The molecule has 1 N–H and O–H groups in total. The highest BCUT2D eigenvalue weighted by Gasteiger charge is 2.31. The zero-order valence-corrected chi connectivity index (χ0v) is 11.7. The van der Waals surface area contributed by atoms with Crippen molar-refractivity contribution in [2.75, 3.05) is 6.61 Å². The van der Waals surface area contributed by atoms with Crippen LogP contribution in [0.1, 0.15) is 20.8 Å². The minimum absolute atomic E-state index is 0.242. The molecule has 0 bridgehead atoms. The zero-order valence-electron chi connectivity index (χ0n) is 10.9. The molecule has 0 fully saturated rings. The lowest BCUT2D eigenvalue weighted by atomic mass is 10.1. The number of ether oxygens (including phenoxy) is 2. The normalized spacial score (nSPS) is 12.0. The van der Waals surface area contributed by atoms with Crippen LogP contribution in [0, 0.1) is 0 Å². The molecule has 1 aromatic carbocycles. The van der Waals surface area contributed by atoms with Crippen LogP contribution < -0.4 is 4.74 Å². The Labute approximate surface area is 112 Å². The van der Waals surface area contributed by atoms with E-state index < -0.39 is 21.7 Å². The molecule has 0 atom stereocenters. The molecule has 6 nitrogen and oxygen atoms in total. The third-order valence-corrected chi connectivity index (χ3v) is 3.13. The highest BCUT2D eigenvalue weighted by molar-refractivity contribution is 7.85. The first-order valence-electron chi connectivity index (χ1n) is 5.60. The summed E-state index contributed by atoms with van der Waals surface area (Å²) in [5.74, 6) is -0.223. The molecule has 0 spiro atoms. The van der Waals surface area contributed by atoms with E-state index in [1.165, 1.54) is 24.3 Å². The van der Waals surface area contributed by atoms with E-state index in [9.17, 15) is 13.2 Å². The van der Waals surface area contributed by atoms with Gasteiger partial charge >= 0.3 is 5.97 Å². The second-order valence-electron chi connectivity index (χ2n) is 4.28. The third kappa shape index (κ3) is 4.22. The summed E-state index contributed by atoms with van der Waals surface area (Å²) in [5.41, 5.74) is -1.18. The summed E-state index contributed by atoms with van der Waals surface area (Å²) in [7, 11) is -4.24. The Balaban J connectivity index is 2.86. The van der Waals surface area contributed by atoms with Gasteiger partial charge in [0, 0.05) is 0 Å². The van der Waals surface area contributed by atoms with Crippen molar-refractivity contribution in [1.82, 2.24) is 0 Å². The lowest BCUT2D eigenvalue weighted by Crippen LogP contribution is -2.39. The Morgan fingerprint density at radius 1 is 1.26 bits per heavy atom. The fourth-order valence-corrected chi connectivity index (χ4v) is 1.80. The van der Waals surface area contributed by atoms with Crippen molar-refractivity contribution < 1.29 is 27.2 Å². The molecule has 1 aromatic rings. The molecule has 0 radical (unpaired) electrons. The lowest BCUT2D eigenvalue weighted by Gasteiger charge is -2.24. The van der Waals surface area contributed by atoms with Gasteiger partial charge in [-0.3, -0.25) is 4.55 Å². The molecule has 0 saturated heterocycles. The van der Waals surface area contributed by atoms with Crippen LogP contribution in [0.5, 0.6) is 5.75 Å². The minimum Gasteiger partial charge on any atom is -0.476 e. The van der Waals surface area contributed by atoms with Crippen molar-refractivity contribution in [3.63, 3.8) is 0 Å². The van der Waals surface area contributed by atoms with E-state index in [0.29, 0.717) is 5.75 Å². The highest BCUT2D eigenvalue weighted by atomic mass is 32.2. The van der Waals surface area contributed by atoms with Crippen LogP contribution in [0.2, 0.25) is 0 Å². The molecular formula is C12H16O6S. The summed E-state index contributed by atoms with van der Waals surface area (Å²) in [4.78, 5) is 11.4. The smallest absolute Gasteiger partial charge is 0.349 e. The van der Waals surface area contributed by atoms with Crippen molar-refractivity contribution >= 4 is 16.1 Å². The van der Waals surface area contributed by atoms with Crippen molar-refractivity contribution in [3.8, 4) is 5.75 Å². The number of hydrogen-bond acceptors (Lipinski definition) is 5. The predicted molar refractivity (Wildman–Crippen MR) is 67.6 cm³/mol. The first kappa shape index (κ1) is 15.5. The summed E-state index contributed by atoms with van der Waals surface area (Å²) in [6.45, 7) is 5.02. The van der Waals surface area contributed by atoms with Gasteiger partial charge in [-0.1, -0.05) is 0 Å². The van der Waals surface area contributed by atoms with Crippen LogP contribution >= 0.6 is 0 Å². The molecule has 19 heavy (non-hydrogen) atoms. The van der Waals surface area contributed by atoms with Gasteiger partial charge in [-0.25, -0.2) is 4.79 Å². The Kier molecular flexibility index (Phi) is 4.54. The molecule has 0 amide bonds. The van der Waals surface area contributed by atoms with Crippen molar-refractivity contribution in [2.24, 2.45) is 0 Å². The largest absolute Gasteiger partial charge is 0.476 e. The quantitative estimate of drug-likeness (QED) is 0.654. The van der Waals surface area contributed by atoms with E-state index in [-0.39, 0.29) is 11.5 Å². The molecule has 0 aliphatic rings. The minimum atomic E-state index is -4.24. The lowest BCUT2D eigenvalue weighted by molar-refractivity contribution is -0.158. The number of hydrogen-bond donors (Lipinski definition) is 1. The number of benzene rings is 1. The molecule has 0 unspecified atom stereocenters. The molecular weight excluding hydrogens is 272 g/mol. The van der Waals surface area contributed by atoms with Crippen LogP contribution in [0.4, 0.5) is 0 Å². The molecule has 7 heteroatoms. The van der Waals surface area contributed by atoms with E-state index in [1.54, 1.807) is 20.8 Å². The summed E-state index contributed by atoms with van der Waals surface area (Å²) in [6.07, 6.45) is 0. The average molecular weight is 288 g/mol. The van der Waals surface area contributed by atoms with Gasteiger partial charge in [-0.2, -0.15) is 8.42 Å².